The minimum atomic E-state index is -0.766. The summed E-state index contributed by atoms with van der Waals surface area (Å²) >= 11 is 0. The number of rotatable bonds is 1. The van der Waals surface area contributed by atoms with Gasteiger partial charge in [-0.05, 0) is 32.9 Å². The molecule has 0 unspecified atom stereocenters. The van der Waals surface area contributed by atoms with E-state index < -0.39 is 23.8 Å². The van der Waals surface area contributed by atoms with Crippen LogP contribution in [0.4, 0.5) is 4.79 Å². The van der Waals surface area contributed by atoms with E-state index in [-0.39, 0.29) is 12.6 Å². The van der Waals surface area contributed by atoms with Crippen LogP contribution >= 0.6 is 0 Å². The van der Waals surface area contributed by atoms with E-state index in [9.17, 15) is 9.90 Å². The molecule has 1 saturated heterocycles. The number of aromatic nitrogens is 1. The van der Waals surface area contributed by atoms with E-state index in [1.807, 2.05) is 57.2 Å². The zero-order valence-electron chi connectivity index (χ0n) is 16.5. The Bertz CT molecular complexity index is 967. The van der Waals surface area contributed by atoms with Crippen molar-refractivity contribution < 1.29 is 14.6 Å². The van der Waals surface area contributed by atoms with Gasteiger partial charge >= 0.3 is 6.09 Å². The summed E-state index contributed by atoms with van der Waals surface area (Å²) in [7, 11) is 0. The molecule has 6 nitrogen and oxygen atoms in total. The van der Waals surface area contributed by atoms with Crippen LogP contribution in [0.5, 0.6) is 0 Å². The summed E-state index contributed by atoms with van der Waals surface area (Å²) in [6, 6.07) is 15.3. The molecule has 3 N–H and O–H groups in total. The number of benzene rings is 2. The molecule has 148 valence electrons. The average molecular weight is 381 g/mol. The van der Waals surface area contributed by atoms with Crippen LogP contribution in [0, 0.1) is 0 Å². The Hall–Kier alpha value is -2.57. The number of para-hydroxylation sites is 2. The molecule has 0 radical (unpaired) electrons. The summed E-state index contributed by atoms with van der Waals surface area (Å²) < 4.78 is 7.66. The lowest BCUT2D eigenvalue weighted by Crippen LogP contribution is -2.58. The summed E-state index contributed by atoms with van der Waals surface area (Å²) in [5.74, 6) is 0. The zero-order valence-corrected chi connectivity index (χ0v) is 16.5. The second kappa shape index (κ2) is 6.79. The van der Waals surface area contributed by atoms with Crippen molar-refractivity contribution in [2.75, 3.05) is 13.1 Å². The number of fused-ring (bicyclic) bond motifs is 3. The topological polar surface area (TPSA) is 80.7 Å². The molecule has 2 heterocycles. The standard InChI is InChI=1S/C22H27N3O3/c1-22(2,3)28-21(27)24-12-16(23)20(26)19(13-24)25-17-10-6-4-8-14(17)15-9-5-7-11-18(15)25/h4-11,16,19-20,26H,12-13,23H2,1-3H3/t16-,19-,20-/m1/s1. The molecular formula is C22H27N3O3. The second-order valence-corrected chi connectivity index (χ2v) is 8.51. The molecule has 0 spiro atoms. The number of hydrogen-bond acceptors (Lipinski definition) is 4. The number of nitrogens with two attached hydrogens (primary N) is 1. The average Bonchev–Trinajstić information content (AvgIpc) is 2.97. The zero-order chi connectivity index (χ0) is 20.1. The Labute approximate surface area is 164 Å². The second-order valence-electron chi connectivity index (χ2n) is 8.51. The van der Waals surface area contributed by atoms with E-state index in [4.69, 9.17) is 10.5 Å². The quantitative estimate of drug-likeness (QED) is 0.678. The fraction of sp³-hybridized carbons (Fsp3) is 0.409. The smallest absolute Gasteiger partial charge is 0.410 e. The molecule has 4 rings (SSSR count). The largest absolute Gasteiger partial charge is 0.444 e. The first-order valence-electron chi connectivity index (χ1n) is 9.65. The van der Waals surface area contributed by atoms with Gasteiger partial charge in [0.25, 0.3) is 0 Å². The molecule has 1 aliphatic heterocycles. The van der Waals surface area contributed by atoms with Crippen molar-refractivity contribution in [3.8, 4) is 0 Å². The Morgan fingerprint density at radius 3 is 2.11 bits per heavy atom. The van der Waals surface area contributed by atoms with Gasteiger partial charge in [-0.2, -0.15) is 0 Å². The summed E-state index contributed by atoms with van der Waals surface area (Å²) in [6.07, 6.45) is -1.17. The van der Waals surface area contributed by atoms with E-state index >= 15 is 0 Å². The maximum atomic E-state index is 12.7. The first kappa shape index (κ1) is 18.8. The van der Waals surface area contributed by atoms with Gasteiger partial charge in [0, 0.05) is 34.9 Å². The van der Waals surface area contributed by atoms with Crippen molar-refractivity contribution in [3.05, 3.63) is 48.5 Å². The molecular weight excluding hydrogens is 354 g/mol. The summed E-state index contributed by atoms with van der Waals surface area (Å²) in [5.41, 5.74) is 7.70. The van der Waals surface area contributed by atoms with Crippen molar-refractivity contribution in [3.63, 3.8) is 0 Å². The van der Waals surface area contributed by atoms with Crippen LogP contribution in [0.2, 0.25) is 0 Å². The SMILES string of the molecule is CC(C)(C)OC(=O)N1C[C@@H](N)[C@@H](O)[C@H](n2c3ccccc3c3ccccc32)C1. The fourth-order valence-corrected chi connectivity index (χ4v) is 4.08. The number of hydrogen-bond donors (Lipinski definition) is 2. The van der Waals surface area contributed by atoms with E-state index in [1.54, 1.807) is 4.90 Å². The molecule has 0 aliphatic carbocycles. The van der Waals surface area contributed by atoms with Crippen LogP contribution in [-0.4, -0.2) is 51.5 Å². The number of aliphatic hydroxyl groups excluding tert-OH is 1. The van der Waals surface area contributed by atoms with Gasteiger partial charge in [0.2, 0.25) is 0 Å². The summed E-state index contributed by atoms with van der Waals surface area (Å²) in [6.45, 7) is 6.13. The fourth-order valence-electron chi connectivity index (χ4n) is 4.08. The maximum Gasteiger partial charge on any atom is 0.410 e. The molecule has 0 saturated carbocycles. The van der Waals surface area contributed by atoms with Crippen molar-refractivity contribution in [2.45, 2.75) is 44.6 Å². The van der Waals surface area contributed by atoms with E-state index in [1.165, 1.54) is 0 Å². The third-order valence-corrected chi connectivity index (χ3v) is 5.27. The Kier molecular flexibility index (Phi) is 4.56. The number of carbonyl (C=O) groups is 1. The molecule has 0 bridgehead atoms. The van der Waals surface area contributed by atoms with E-state index in [0.717, 1.165) is 21.8 Å². The number of piperidine rings is 1. The predicted octanol–water partition coefficient (Wildman–Crippen LogP) is 3.27. The van der Waals surface area contributed by atoms with Gasteiger partial charge in [-0.15, -0.1) is 0 Å². The molecule has 3 aromatic rings. The minimum absolute atomic E-state index is 0.268. The molecule has 1 fully saturated rings. The number of aliphatic hydroxyl groups is 1. The Morgan fingerprint density at radius 1 is 1.04 bits per heavy atom. The number of likely N-dealkylation sites (tertiary alicyclic amines) is 1. The van der Waals surface area contributed by atoms with Gasteiger partial charge in [-0.25, -0.2) is 4.79 Å². The van der Waals surface area contributed by atoms with Crippen LogP contribution < -0.4 is 5.73 Å². The number of nitrogens with zero attached hydrogens (tertiary/aromatic N) is 2. The van der Waals surface area contributed by atoms with Crippen LogP contribution in [0.3, 0.4) is 0 Å². The van der Waals surface area contributed by atoms with Gasteiger partial charge in [-0.1, -0.05) is 36.4 Å². The third kappa shape index (κ3) is 3.23. The first-order chi connectivity index (χ1) is 13.3. The first-order valence-corrected chi connectivity index (χ1v) is 9.65. The molecule has 2 aromatic carbocycles. The van der Waals surface area contributed by atoms with Gasteiger partial charge < -0.3 is 25.0 Å². The molecule has 1 aliphatic rings. The monoisotopic (exact) mass is 381 g/mol. The van der Waals surface area contributed by atoms with Gasteiger partial charge in [0.05, 0.1) is 18.2 Å². The van der Waals surface area contributed by atoms with Crippen molar-refractivity contribution in [1.29, 1.82) is 0 Å². The molecule has 1 amide bonds. The lowest BCUT2D eigenvalue weighted by atomic mass is 9.97. The number of carbonyl (C=O) groups excluding carboxylic acids is 1. The maximum absolute atomic E-state index is 12.7. The van der Waals surface area contributed by atoms with Crippen molar-refractivity contribution in [1.82, 2.24) is 9.47 Å². The van der Waals surface area contributed by atoms with Crippen LogP contribution in [-0.2, 0) is 4.74 Å². The predicted molar refractivity (Wildman–Crippen MR) is 110 cm³/mol. The summed E-state index contributed by atoms with van der Waals surface area (Å²) in [5, 5.41) is 13.2. The molecule has 6 heteroatoms. The molecule has 28 heavy (non-hydrogen) atoms. The highest BCUT2D eigenvalue weighted by molar-refractivity contribution is 6.08. The Morgan fingerprint density at radius 2 is 1.57 bits per heavy atom. The highest BCUT2D eigenvalue weighted by atomic mass is 16.6. The molecule has 1 aromatic heterocycles. The summed E-state index contributed by atoms with van der Waals surface area (Å²) in [4.78, 5) is 14.3. The molecule has 3 atom stereocenters. The van der Waals surface area contributed by atoms with Gasteiger partial charge in [0.1, 0.15) is 5.60 Å². The highest BCUT2D eigenvalue weighted by Gasteiger charge is 2.39. The Balaban J connectivity index is 1.79. The van der Waals surface area contributed by atoms with Crippen molar-refractivity contribution >= 4 is 27.9 Å². The third-order valence-electron chi connectivity index (χ3n) is 5.27. The minimum Gasteiger partial charge on any atom is -0.444 e. The van der Waals surface area contributed by atoms with Gasteiger partial charge in [-0.3, -0.25) is 0 Å². The lowest BCUT2D eigenvalue weighted by Gasteiger charge is -2.41. The van der Waals surface area contributed by atoms with Crippen LogP contribution in [0.15, 0.2) is 48.5 Å². The normalized spacial score (nSPS) is 23.3. The number of amides is 1. The van der Waals surface area contributed by atoms with Crippen LogP contribution in [0.1, 0.15) is 26.8 Å². The highest BCUT2D eigenvalue weighted by Crippen LogP contribution is 2.35. The lowest BCUT2D eigenvalue weighted by molar-refractivity contribution is -0.0120. The van der Waals surface area contributed by atoms with E-state index in [2.05, 4.69) is 16.7 Å². The van der Waals surface area contributed by atoms with E-state index in [0.29, 0.717) is 6.54 Å². The van der Waals surface area contributed by atoms with Gasteiger partial charge in [0.15, 0.2) is 0 Å². The van der Waals surface area contributed by atoms with Crippen LogP contribution in [0.25, 0.3) is 21.8 Å². The number of ether oxygens (including phenoxy) is 1. The van der Waals surface area contributed by atoms with Crippen molar-refractivity contribution in [2.24, 2.45) is 5.73 Å².